The fourth-order valence-corrected chi connectivity index (χ4v) is 4.61. The van der Waals surface area contributed by atoms with E-state index in [4.69, 9.17) is 4.98 Å². The number of thiophene rings is 1. The van der Waals surface area contributed by atoms with Gasteiger partial charge >= 0.3 is 0 Å². The second-order valence-electron chi connectivity index (χ2n) is 8.07. The van der Waals surface area contributed by atoms with Crippen LogP contribution in [0, 0.1) is 0 Å². The van der Waals surface area contributed by atoms with Gasteiger partial charge in [-0.15, -0.1) is 11.3 Å². The highest BCUT2D eigenvalue weighted by molar-refractivity contribution is 7.13. The van der Waals surface area contributed by atoms with Crippen LogP contribution in [-0.2, 0) is 0 Å². The third-order valence-electron chi connectivity index (χ3n) is 5.32. The monoisotopic (exact) mass is 452 g/mol. The number of aromatic nitrogens is 7. The molecule has 0 aromatic carbocycles. The van der Waals surface area contributed by atoms with E-state index >= 15 is 0 Å². The molecular formula is C24H20N8S. The third-order valence-corrected chi connectivity index (χ3v) is 6.20. The van der Waals surface area contributed by atoms with Crippen molar-refractivity contribution in [3.8, 4) is 33.2 Å². The van der Waals surface area contributed by atoms with Crippen LogP contribution in [0.2, 0.25) is 0 Å². The molecule has 0 spiro atoms. The fraction of sp³-hybridized carbons (Fsp3) is 0.125. The van der Waals surface area contributed by atoms with Crippen molar-refractivity contribution in [1.29, 1.82) is 0 Å². The SMILES string of the molecule is CC(C)Nc1cncc(-c2cnc3[nH]nc(-c4nc5c(-c6cccs6)nccc5[nH]4)c3c2)c1. The zero-order valence-electron chi connectivity index (χ0n) is 18.0. The van der Waals surface area contributed by atoms with E-state index in [1.165, 1.54) is 0 Å². The molecule has 0 radical (unpaired) electrons. The summed E-state index contributed by atoms with van der Waals surface area (Å²) in [4.78, 5) is 22.9. The van der Waals surface area contributed by atoms with Gasteiger partial charge in [0.15, 0.2) is 11.5 Å². The number of imidazole rings is 1. The summed E-state index contributed by atoms with van der Waals surface area (Å²) < 4.78 is 0. The van der Waals surface area contributed by atoms with Crippen molar-refractivity contribution in [3.05, 3.63) is 60.5 Å². The molecule has 0 unspecified atom stereocenters. The van der Waals surface area contributed by atoms with Crippen molar-refractivity contribution in [1.82, 2.24) is 35.1 Å². The number of aromatic amines is 2. The van der Waals surface area contributed by atoms with E-state index in [-0.39, 0.29) is 0 Å². The zero-order chi connectivity index (χ0) is 22.4. The minimum atomic E-state index is 0.324. The summed E-state index contributed by atoms with van der Waals surface area (Å²) in [5.41, 5.74) is 6.95. The van der Waals surface area contributed by atoms with Crippen LogP contribution in [0.1, 0.15) is 13.8 Å². The van der Waals surface area contributed by atoms with Crippen molar-refractivity contribution in [3.63, 3.8) is 0 Å². The van der Waals surface area contributed by atoms with Crippen molar-refractivity contribution in [2.45, 2.75) is 19.9 Å². The predicted octanol–water partition coefficient (Wildman–Crippen LogP) is 5.51. The van der Waals surface area contributed by atoms with Crippen LogP contribution in [0.25, 0.3) is 55.3 Å². The molecule has 0 saturated heterocycles. The lowest BCUT2D eigenvalue weighted by Crippen LogP contribution is -2.09. The molecule has 0 saturated carbocycles. The molecule has 9 heteroatoms. The highest BCUT2D eigenvalue weighted by Gasteiger charge is 2.17. The zero-order valence-corrected chi connectivity index (χ0v) is 18.8. The van der Waals surface area contributed by atoms with Gasteiger partial charge in [-0.2, -0.15) is 5.10 Å². The number of hydrogen-bond acceptors (Lipinski definition) is 7. The van der Waals surface area contributed by atoms with Crippen LogP contribution in [0.15, 0.2) is 60.5 Å². The van der Waals surface area contributed by atoms with Gasteiger partial charge in [0.05, 0.1) is 21.5 Å². The molecule has 6 heterocycles. The lowest BCUT2D eigenvalue weighted by molar-refractivity contribution is 0.898. The van der Waals surface area contributed by atoms with Gasteiger partial charge in [0.2, 0.25) is 0 Å². The number of fused-ring (bicyclic) bond motifs is 2. The van der Waals surface area contributed by atoms with Gasteiger partial charge in [-0.1, -0.05) is 6.07 Å². The Bertz CT molecular complexity index is 1580. The van der Waals surface area contributed by atoms with Gasteiger partial charge in [-0.25, -0.2) is 9.97 Å². The second kappa shape index (κ2) is 7.79. The average molecular weight is 453 g/mol. The summed E-state index contributed by atoms with van der Waals surface area (Å²) in [7, 11) is 0. The molecule has 0 aliphatic rings. The Labute approximate surface area is 193 Å². The van der Waals surface area contributed by atoms with Crippen molar-refractivity contribution in [2.24, 2.45) is 0 Å². The first kappa shape index (κ1) is 19.6. The minimum Gasteiger partial charge on any atom is -0.382 e. The second-order valence-corrected chi connectivity index (χ2v) is 9.02. The van der Waals surface area contributed by atoms with E-state index < -0.39 is 0 Å². The smallest absolute Gasteiger partial charge is 0.159 e. The predicted molar refractivity (Wildman–Crippen MR) is 132 cm³/mol. The Morgan fingerprint density at radius 2 is 1.91 bits per heavy atom. The Balaban J connectivity index is 1.45. The number of rotatable bonds is 5. The topological polar surface area (TPSA) is 108 Å². The molecule has 0 atom stereocenters. The van der Waals surface area contributed by atoms with Gasteiger partial charge in [-0.05, 0) is 43.5 Å². The van der Waals surface area contributed by atoms with Crippen LogP contribution in [0.3, 0.4) is 0 Å². The molecule has 6 aromatic rings. The standard InChI is InChI=1S/C24H20N8S/c1-13(2)28-16-8-14(10-25-12-16)15-9-17-20(31-32-23(17)27-11-15)24-29-18-5-6-26-22(21(18)30-24)19-4-3-7-33-19/h3-13,28H,1-2H3,(H,29,30)(H,27,31,32). The molecule has 0 bridgehead atoms. The number of H-pyrrole nitrogens is 2. The Kier molecular flexibility index (Phi) is 4.62. The normalized spacial score (nSPS) is 11.6. The Morgan fingerprint density at radius 3 is 2.76 bits per heavy atom. The van der Waals surface area contributed by atoms with Gasteiger partial charge in [0, 0.05) is 42.0 Å². The van der Waals surface area contributed by atoms with Crippen LogP contribution >= 0.6 is 11.3 Å². The summed E-state index contributed by atoms with van der Waals surface area (Å²) in [6.07, 6.45) is 7.30. The van der Waals surface area contributed by atoms with E-state index in [0.29, 0.717) is 17.5 Å². The molecular weight excluding hydrogens is 432 g/mol. The maximum absolute atomic E-state index is 4.87. The van der Waals surface area contributed by atoms with Gasteiger partial charge < -0.3 is 10.3 Å². The summed E-state index contributed by atoms with van der Waals surface area (Å²) >= 11 is 1.65. The quantitative estimate of drug-likeness (QED) is 0.318. The van der Waals surface area contributed by atoms with Crippen LogP contribution in [0.4, 0.5) is 5.69 Å². The molecule has 6 aromatic heterocycles. The van der Waals surface area contributed by atoms with E-state index in [1.807, 2.05) is 36.1 Å². The number of hydrogen-bond donors (Lipinski definition) is 3. The van der Waals surface area contributed by atoms with Crippen LogP contribution in [-0.4, -0.2) is 41.2 Å². The maximum atomic E-state index is 4.87. The van der Waals surface area contributed by atoms with Crippen molar-refractivity contribution >= 4 is 39.1 Å². The number of nitrogens with one attached hydrogen (secondary N) is 3. The van der Waals surface area contributed by atoms with Gasteiger partial charge in [0.25, 0.3) is 0 Å². The maximum Gasteiger partial charge on any atom is 0.159 e. The lowest BCUT2D eigenvalue weighted by Gasteiger charge is -2.10. The number of nitrogens with zero attached hydrogens (tertiary/aromatic N) is 5. The van der Waals surface area contributed by atoms with Crippen molar-refractivity contribution < 1.29 is 0 Å². The lowest BCUT2D eigenvalue weighted by atomic mass is 10.1. The fourth-order valence-electron chi connectivity index (χ4n) is 3.89. The first-order chi connectivity index (χ1) is 16.2. The van der Waals surface area contributed by atoms with E-state index in [1.54, 1.807) is 17.5 Å². The third kappa shape index (κ3) is 3.52. The summed E-state index contributed by atoms with van der Waals surface area (Å²) in [6.45, 7) is 4.20. The number of pyridine rings is 3. The van der Waals surface area contributed by atoms with E-state index in [9.17, 15) is 0 Å². The summed E-state index contributed by atoms with van der Waals surface area (Å²) in [6, 6.07) is 10.5. The van der Waals surface area contributed by atoms with E-state index in [0.717, 1.165) is 49.5 Å². The Hall–Kier alpha value is -4.11. The first-order valence-electron chi connectivity index (χ1n) is 10.6. The summed E-state index contributed by atoms with van der Waals surface area (Å²) in [5.74, 6) is 0.675. The van der Waals surface area contributed by atoms with Crippen LogP contribution < -0.4 is 5.32 Å². The molecule has 6 rings (SSSR count). The summed E-state index contributed by atoms with van der Waals surface area (Å²) in [5, 5.41) is 13.9. The minimum absolute atomic E-state index is 0.324. The first-order valence-corrected chi connectivity index (χ1v) is 11.5. The van der Waals surface area contributed by atoms with Crippen LogP contribution in [0.5, 0.6) is 0 Å². The van der Waals surface area contributed by atoms with E-state index in [2.05, 4.69) is 67.5 Å². The van der Waals surface area contributed by atoms with Gasteiger partial charge in [-0.3, -0.25) is 15.1 Å². The molecule has 0 fully saturated rings. The average Bonchev–Trinajstić information content (AvgIpc) is 3.57. The molecule has 33 heavy (non-hydrogen) atoms. The molecule has 162 valence electrons. The Morgan fingerprint density at radius 1 is 1.00 bits per heavy atom. The molecule has 0 amide bonds. The van der Waals surface area contributed by atoms with Crippen molar-refractivity contribution in [2.75, 3.05) is 5.32 Å². The highest BCUT2D eigenvalue weighted by atomic mass is 32.1. The highest BCUT2D eigenvalue weighted by Crippen LogP contribution is 2.33. The molecule has 3 N–H and O–H groups in total. The largest absolute Gasteiger partial charge is 0.382 e. The van der Waals surface area contributed by atoms with Gasteiger partial charge in [0.1, 0.15) is 16.9 Å². The molecule has 0 aliphatic heterocycles. The molecule has 0 aliphatic carbocycles. The number of anilines is 1. The molecule has 8 nitrogen and oxygen atoms in total.